The van der Waals surface area contributed by atoms with E-state index >= 15 is 0 Å². The molecule has 0 amide bonds. The Bertz CT molecular complexity index is 1080. The molecule has 4 aliphatic carbocycles. The Morgan fingerprint density at radius 1 is 1.09 bits per heavy atom. The molecular weight excluding hydrogens is 464 g/mol. The fraction of sp³-hybridized carbons (Fsp3) is 0.679. The van der Waals surface area contributed by atoms with Crippen LogP contribution < -0.4 is 4.74 Å². The normalized spacial score (nSPS) is 34.9. The minimum absolute atomic E-state index is 0.0473. The summed E-state index contributed by atoms with van der Waals surface area (Å²) in [7, 11) is -4.02. The fourth-order valence-electron chi connectivity index (χ4n) is 7.03. The molecule has 7 heteroatoms. The van der Waals surface area contributed by atoms with E-state index in [1.54, 1.807) is 24.3 Å². The largest absolute Gasteiger partial charge is 0.426 e. The summed E-state index contributed by atoms with van der Waals surface area (Å²) >= 11 is 0. The van der Waals surface area contributed by atoms with Crippen LogP contribution in [-0.2, 0) is 21.3 Å². The van der Waals surface area contributed by atoms with Gasteiger partial charge < -0.3 is 9.84 Å². The molecule has 4 bridgehead atoms. The highest BCUT2D eigenvalue weighted by Gasteiger charge is 2.57. The highest BCUT2D eigenvalue weighted by atomic mass is 32.2. The lowest BCUT2D eigenvalue weighted by Gasteiger charge is -2.58. The van der Waals surface area contributed by atoms with E-state index in [1.807, 2.05) is 0 Å². The van der Waals surface area contributed by atoms with Crippen molar-refractivity contribution in [2.45, 2.75) is 78.6 Å². The number of allylic oxidation sites excluding steroid dienone is 2. The van der Waals surface area contributed by atoms with Crippen molar-refractivity contribution in [2.75, 3.05) is 12.4 Å². The summed E-state index contributed by atoms with van der Waals surface area (Å²) in [6.45, 7) is 6.98. The van der Waals surface area contributed by atoms with Crippen molar-refractivity contribution in [3.8, 4) is 5.75 Å². The van der Waals surface area contributed by atoms with Crippen molar-refractivity contribution >= 4 is 16.1 Å². The van der Waals surface area contributed by atoms with Crippen LogP contribution >= 0.6 is 0 Å². The van der Waals surface area contributed by atoms with Crippen molar-refractivity contribution < 1.29 is 27.6 Å². The van der Waals surface area contributed by atoms with Crippen LogP contribution in [-0.4, -0.2) is 36.4 Å². The summed E-state index contributed by atoms with van der Waals surface area (Å²) in [5.74, 6) is 0.510. The highest BCUT2D eigenvalue weighted by Crippen LogP contribution is 2.62. The second kappa shape index (κ2) is 9.64. The molecule has 2 saturated carbocycles. The van der Waals surface area contributed by atoms with Crippen LogP contribution in [0.4, 0.5) is 0 Å². The van der Waals surface area contributed by atoms with E-state index < -0.39 is 15.5 Å². The van der Waals surface area contributed by atoms with Gasteiger partial charge in [-0.3, -0.25) is 9.35 Å². The van der Waals surface area contributed by atoms with Crippen molar-refractivity contribution in [1.29, 1.82) is 0 Å². The van der Waals surface area contributed by atoms with Crippen LogP contribution in [0.5, 0.6) is 5.75 Å². The number of hydrogen-bond acceptors (Lipinski definition) is 5. The zero-order valence-electron chi connectivity index (χ0n) is 21.3. The number of rotatable bonds is 7. The van der Waals surface area contributed by atoms with E-state index in [1.165, 1.54) is 5.57 Å². The number of carbonyl (C=O) groups is 1. The molecule has 0 aliphatic heterocycles. The number of carbonyl (C=O) groups excluding carboxylic acids is 1. The summed E-state index contributed by atoms with van der Waals surface area (Å²) in [5.41, 5.74) is 1.88. The molecule has 0 heterocycles. The summed E-state index contributed by atoms with van der Waals surface area (Å²) in [6.07, 6.45) is 10.4. The van der Waals surface area contributed by atoms with E-state index in [0.717, 1.165) is 56.9 Å². The van der Waals surface area contributed by atoms with E-state index in [2.05, 4.69) is 26.8 Å². The van der Waals surface area contributed by atoms with Gasteiger partial charge in [0.15, 0.2) is 0 Å². The summed E-state index contributed by atoms with van der Waals surface area (Å²) in [5, 5.41) is 9.79. The Kier molecular flexibility index (Phi) is 7.26. The van der Waals surface area contributed by atoms with Crippen LogP contribution in [0, 0.1) is 28.1 Å². The van der Waals surface area contributed by atoms with Crippen molar-refractivity contribution in [3.05, 3.63) is 41.5 Å². The molecule has 5 rings (SSSR count). The predicted octanol–water partition coefficient (Wildman–Crippen LogP) is 5.35. The Balaban J connectivity index is 1.56. The highest BCUT2D eigenvalue weighted by molar-refractivity contribution is 7.85. The van der Waals surface area contributed by atoms with E-state index in [4.69, 9.17) is 9.29 Å². The molecule has 6 nitrogen and oxygen atoms in total. The Hall–Kier alpha value is -1.70. The molecule has 0 radical (unpaired) electrons. The van der Waals surface area contributed by atoms with Crippen LogP contribution in [0.3, 0.4) is 0 Å². The smallest absolute Gasteiger partial charge is 0.317 e. The molecule has 5 atom stereocenters. The maximum absolute atomic E-state index is 13.7. The number of aliphatic hydroxyl groups is 1. The van der Waals surface area contributed by atoms with E-state index in [-0.39, 0.29) is 41.5 Å². The monoisotopic (exact) mass is 504 g/mol. The molecule has 2 N–H and O–H groups in total. The van der Waals surface area contributed by atoms with Gasteiger partial charge in [0.05, 0.1) is 11.2 Å². The first-order chi connectivity index (χ1) is 16.4. The minimum atomic E-state index is -4.02. The Labute approximate surface area is 209 Å². The topological polar surface area (TPSA) is 101 Å². The Morgan fingerprint density at radius 2 is 1.80 bits per heavy atom. The molecule has 2 fully saturated rings. The number of benzene rings is 1. The van der Waals surface area contributed by atoms with Gasteiger partial charge in [-0.1, -0.05) is 37.6 Å². The number of hydrogen-bond donors (Lipinski definition) is 2. The quantitative estimate of drug-likeness (QED) is 0.225. The van der Waals surface area contributed by atoms with Gasteiger partial charge in [0, 0.05) is 6.61 Å². The SMILES string of the molecule is C[C@]1(CCO)CC2=CC[C@H]3[C@@H](C1)[C@@](C)(CC2)CC[C@]3(C)C(=O)Oc1ccc(CCS(=O)(=O)O)cc1. The average Bonchev–Trinajstić information content (AvgIpc) is 2.77. The summed E-state index contributed by atoms with van der Waals surface area (Å²) < 4.78 is 36.9. The summed E-state index contributed by atoms with van der Waals surface area (Å²) in [4.78, 5) is 13.7. The van der Waals surface area contributed by atoms with Gasteiger partial charge in [0.1, 0.15) is 5.75 Å². The molecule has 0 saturated heterocycles. The molecular formula is C28H40O6S. The lowest BCUT2D eigenvalue weighted by molar-refractivity contribution is -0.160. The number of aliphatic hydroxyl groups excluding tert-OH is 1. The molecule has 194 valence electrons. The molecule has 35 heavy (non-hydrogen) atoms. The molecule has 0 unspecified atom stereocenters. The van der Waals surface area contributed by atoms with Gasteiger partial charge in [-0.15, -0.1) is 0 Å². The van der Waals surface area contributed by atoms with E-state index in [9.17, 15) is 18.3 Å². The third-order valence-corrected chi connectivity index (χ3v) is 10.1. The second-order valence-corrected chi connectivity index (χ2v) is 13.7. The standard InChI is InChI=1S/C28H40O6S/c1-26(15-16-29)18-21-6-9-23-24(19-26)27(2,12-10-21)13-14-28(23,3)25(30)34-22-7-4-20(5-8-22)11-17-35(31,32)33/h4-8,23-24,29H,9-19H2,1-3H3,(H,31,32,33)/t23-,24+,26-,27-,28-/m0/s1. The predicted molar refractivity (Wildman–Crippen MR) is 136 cm³/mol. The van der Waals surface area contributed by atoms with Gasteiger partial charge in [0.2, 0.25) is 0 Å². The average molecular weight is 505 g/mol. The molecule has 4 aliphatic rings. The lowest BCUT2D eigenvalue weighted by Crippen LogP contribution is -2.53. The first kappa shape index (κ1) is 26.4. The number of ether oxygens (including phenoxy) is 1. The number of fused-ring (bicyclic) bond motifs is 4. The van der Waals surface area contributed by atoms with E-state index in [0.29, 0.717) is 11.7 Å². The van der Waals surface area contributed by atoms with Crippen molar-refractivity contribution in [1.82, 2.24) is 0 Å². The lowest BCUT2D eigenvalue weighted by atomic mass is 9.46. The number of esters is 1. The van der Waals surface area contributed by atoms with Gasteiger partial charge in [-0.05, 0) is 105 Å². The van der Waals surface area contributed by atoms with Crippen molar-refractivity contribution in [3.63, 3.8) is 0 Å². The van der Waals surface area contributed by atoms with Crippen LogP contribution in [0.1, 0.15) is 77.7 Å². The third kappa shape index (κ3) is 5.67. The van der Waals surface area contributed by atoms with Gasteiger partial charge >= 0.3 is 5.97 Å². The zero-order chi connectivity index (χ0) is 25.5. The fourth-order valence-corrected chi connectivity index (χ4v) is 7.52. The Morgan fingerprint density at radius 3 is 2.46 bits per heavy atom. The molecule has 1 aromatic rings. The third-order valence-electron chi connectivity index (χ3n) is 9.42. The van der Waals surface area contributed by atoms with Crippen molar-refractivity contribution in [2.24, 2.45) is 28.1 Å². The molecule has 0 spiro atoms. The first-order valence-electron chi connectivity index (χ1n) is 12.9. The van der Waals surface area contributed by atoms with Crippen LogP contribution in [0.25, 0.3) is 0 Å². The van der Waals surface area contributed by atoms with Gasteiger partial charge in [-0.2, -0.15) is 8.42 Å². The maximum Gasteiger partial charge on any atom is 0.317 e. The van der Waals surface area contributed by atoms with Gasteiger partial charge in [0.25, 0.3) is 10.1 Å². The zero-order valence-corrected chi connectivity index (χ0v) is 22.1. The second-order valence-electron chi connectivity index (χ2n) is 12.1. The minimum Gasteiger partial charge on any atom is -0.426 e. The molecule has 0 aromatic heterocycles. The van der Waals surface area contributed by atoms with Gasteiger partial charge in [-0.25, -0.2) is 0 Å². The maximum atomic E-state index is 13.7. The van der Waals surface area contributed by atoms with Crippen LogP contribution in [0.2, 0.25) is 0 Å². The number of aryl methyl sites for hydroxylation is 1. The molecule has 1 aromatic carbocycles. The first-order valence-corrected chi connectivity index (χ1v) is 14.5. The van der Waals surface area contributed by atoms with Crippen LogP contribution in [0.15, 0.2) is 35.9 Å². The summed E-state index contributed by atoms with van der Waals surface area (Å²) in [6, 6.07) is 6.87.